The molecule has 200 valence electrons. The van der Waals surface area contributed by atoms with Gasteiger partial charge in [0.05, 0.1) is 30.2 Å². The largest absolute Gasteiger partial charge is 0.364 e. The van der Waals surface area contributed by atoms with Gasteiger partial charge in [0.1, 0.15) is 18.0 Å². The van der Waals surface area contributed by atoms with Crippen LogP contribution in [-0.4, -0.2) is 32.5 Å². The maximum Gasteiger partial charge on any atom is 0.274 e. The summed E-state index contributed by atoms with van der Waals surface area (Å²) in [4.78, 5) is 30.2. The number of nitrogens with zero attached hydrogens (tertiary/aromatic N) is 6. The molecule has 2 aromatic carbocycles. The van der Waals surface area contributed by atoms with Crippen molar-refractivity contribution in [2.45, 2.75) is 26.4 Å². The summed E-state index contributed by atoms with van der Waals surface area (Å²) >= 11 is 0. The van der Waals surface area contributed by atoms with Gasteiger partial charge in [0.2, 0.25) is 5.70 Å². The second-order valence-electron chi connectivity index (χ2n) is 9.24. The van der Waals surface area contributed by atoms with Crippen LogP contribution in [0, 0.1) is 23.0 Å². The minimum absolute atomic E-state index is 0.0446. The fourth-order valence-corrected chi connectivity index (χ4v) is 4.37. The number of rotatable bonds is 7. The van der Waals surface area contributed by atoms with Crippen LogP contribution in [0.4, 0.5) is 14.6 Å². The Morgan fingerprint density at radius 1 is 1.18 bits per heavy atom. The topological polar surface area (TPSA) is 141 Å². The molecule has 2 atom stereocenters. The van der Waals surface area contributed by atoms with E-state index in [4.69, 9.17) is 5.84 Å². The number of aromatic nitrogens is 2. The molecule has 0 bridgehead atoms. The number of carbonyl (C=O) groups is 1. The number of quaternary nitrogens is 1. The molecule has 2 unspecified atom stereocenters. The highest BCUT2D eigenvalue weighted by molar-refractivity contribution is 6.00. The van der Waals surface area contributed by atoms with E-state index >= 15 is 0 Å². The van der Waals surface area contributed by atoms with Gasteiger partial charge >= 0.3 is 0 Å². The normalized spacial score (nSPS) is 18.1. The van der Waals surface area contributed by atoms with E-state index < -0.39 is 23.6 Å². The highest BCUT2D eigenvalue weighted by Gasteiger charge is 2.42. The second kappa shape index (κ2) is 10.6. The van der Waals surface area contributed by atoms with Gasteiger partial charge in [-0.1, -0.05) is 18.2 Å². The molecule has 0 radical (unpaired) electrons. The summed E-state index contributed by atoms with van der Waals surface area (Å²) < 4.78 is 26.9. The molecule has 0 saturated carbocycles. The van der Waals surface area contributed by atoms with Gasteiger partial charge in [-0.2, -0.15) is 16.1 Å². The number of nitrogens with one attached hydrogen (secondary N) is 2. The van der Waals surface area contributed by atoms with Gasteiger partial charge in [0.25, 0.3) is 11.7 Å². The third-order valence-corrected chi connectivity index (χ3v) is 6.54. The molecular weight excluding hydrogens is 516 g/mol. The summed E-state index contributed by atoms with van der Waals surface area (Å²) in [6, 6.07) is 12.2. The zero-order chi connectivity index (χ0) is 28.4. The number of carbonyl (C=O) groups excluding carboxylic acids is 1. The molecule has 12 heteroatoms. The van der Waals surface area contributed by atoms with Gasteiger partial charge in [-0.25, -0.2) is 18.7 Å². The maximum absolute atomic E-state index is 13.7. The Morgan fingerprint density at radius 2 is 1.95 bits per heavy atom. The molecule has 0 aliphatic carbocycles. The Hall–Kier alpha value is -5.12. The van der Waals surface area contributed by atoms with E-state index in [1.165, 1.54) is 12.3 Å². The third kappa shape index (κ3) is 4.98. The average molecular weight is 541 g/mol. The molecule has 1 aromatic heterocycles. The molecular formula is C28H24F2N9O+. The summed E-state index contributed by atoms with van der Waals surface area (Å²) in [5, 5.41) is 15.0. The lowest BCUT2D eigenvalue weighted by Gasteiger charge is -2.26. The molecule has 5 rings (SSSR count). The van der Waals surface area contributed by atoms with Crippen molar-refractivity contribution < 1.29 is 18.2 Å². The van der Waals surface area contributed by atoms with Crippen molar-refractivity contribution in [2.24, 2.45) is 15.8 Å². The van der Waals surface area contributed by atoms with Gasteiger partial charge in [-0.15, -0.1) is 4.59 Å². The molecule has 0 saturated heterocycles. The minimum atomic E-state index is -1.02. The first-order valence-corrected chi connectivity index (χ1v) is 12.2. The SMILES string of the molecule is CC1=C2C=NC=C[N+]2(N)C(c2ccc(CNc3ncc(C#N)nc3C(=O)NC(C)c3ccc(F)c(F)c3)cc2)=N1. The Kier molecular flexibility index (Phi) is 7.00. The van der Waals surface area contributed by atoms with Crippen LogP contribution in [0.15, 0.2) is 82.4 Å². The third-order valence-electron chi connectivity index (χ3n) is 6.54. The first-order valence-electron chi connectivity index (χ1n) is 12.2. The Bertz CT molecular complexity index is 1670. The van der Waals surface area contributed by atoms with Gasteiger partial charge in [-0.3, -0.25) is 9.79 Å². The van der Waals surface area contributed by atoms with E-state index in [0.29, 0.717) is 17.9 Å². The fourth-order valence-electron chi connectivity index (χ4n) is 4.37. The monoisotopic (exact) mass is 540 g/mol. The average Bonchev–Trinajstić information content (AvgIpc) is 3.23. The van der Waals surface area contributed by atoms with Crippen molar-refractivity contribution in [1.82, 2.24) is 15.3 Å². The van der Waals surface area contributed by atoms with Crippen LogP contribution >= 0.6 is 0 Å². The molecule has 0 spiro atoms. The molecule has 40 heavy (non-hydrogen) atoms. The number of amidine groups is 1. The summed E-state index contributed by atoms with van der Waals surface area (Å²) in [5.74, 6) is 4.80. The number of hydrogen-bond donors (Lipinski definition) is 3. The van der Waals surface area contributed by atoms with Crippen molar-refractivity contribution in [1.29, 1.82) is 5.26 Å². The molecule has 4 N–H and O–H groups in total. The minimum Gasteiger partial charge on any atom is -0.364 e. The van der Waals surface area contributed by atoms with Crippen molar-refractivity contribution in [3.8, 4) is 6.07 Å². The highest BCUT2D eigenvalue weighted by Crippen LogP contribution is 2.30. The van der Waals surface area contributed by atoms with E-state index in [9.17, 15) is 18.8 Å². The van der Waals surface area contributed by atoms with E-state index in [0.717, 1.165) is 34.7 Å². The van der Waals surface area contributed by atoms with Crippen molar-refractivity contribution >= 4 is 23.8 Å². The molecule has 10 nitrogen and oxygen atoms in total. The Morgan fingerprint density at radius 3 is 2.67 bits per heavy atom. The summed E-state index contributed by atoms with van der Waals surface area (Å²) in [6.45, 7) is 3.80. The number of nitriles is 1. The second-order valence-corrected chi connectivity index (χ2v) is 9.24. The molecule has 1 amide bonds. The smallest absolute Gasteiger partial charge is 0.274 e. The van der Waals surface area contributed by atoms with Crippen LogP contribution in [-0.2, 0) is 6.54 Å². The van der Waals surface area contributed by atoms with Crippen LogP contribution in [0.2, 0.25) is 0 Å². The summed E-state index contributed by atoms with van der Waals surface area (Å²) in [5.41, 5.74) is 3.52. The van der Waals surface area contributed by atoms with Crippen LogP contribution in [0.3, 0.4) is 0 Å². The van der Waals surface area contributed by atoms with Crippen LogP contribution < -0.4 is 16.5 Å². The summed E-state index contributed by atoms with van der Waals surface area (Å²) in [7, 11) is 0. The molecule has 0 fully saturated rings. The number of halogens is 2. The first kappa shape index (κ1) is 26.5. The van der Waals surface area contributed by atoms with Crippen molar-refractivity contribution in [3.63, 3.8) is 0 Å². The number of benzene rings is 2. The number of nitrogens with two attached hydrogens (primary N) is 1. The lowest BCUT2D eigenvalue weighted by molar-refractivity contribution is -0.750. The van der Waals surface area contributed by atoms with E-state index in [1.807, 2.05) is 37.3 Å². The number of allylic oxidation sites excluding steroid dienone is 2. The van der Waals surface area contributed by atoms with E-state index in [2.05, 4.69) is 30.6 Å². The van der Waals surface area contributed by atoms with Gasteiger partial charge < -0.3 is 10.6 Å². The zero-order valence-electron chi connectivity index (χ0n) is 21.6. The van der Waals surface area contributed by atoms with Crippen LogP contribution in [0.1, 0.15) is 52.8 Å². The summed E-state index contributed by atoms with van der Waals surface area (Å²) in [6.07, 6.45) is 6.37. The number of hydrogen-bond acceptors (Lipinski definition) is 8. The van der Waals surface area contributed by atoms with Gasteiger partial charge in [0, 0.05) is 6.54 Å². The van der Waals surface area contributed by atoms with E-state index in [1.54, 1.807) is 25.5 Å². The predicted molar refractivity (Wildman–Crippen MR) is 144 cm³/mol. The van der Waals surface area contributed by atoms with Crippen LogP contribution in [0.25, 0.3) is 0 Å². The first-order chi connectivity index (χ1) is 19.2. The lowest BCUT2D eigenvalue weighted by Crippen LogP contribution is -2.53. The standard InChI is InChI=1S/C28H23F2N9O/c1-16(20-7-8-22(29)23(30)11-20)37-28(40)25-26(35-14-21(12-31)38-25)34-13-18-3-5-19(6-4-18)27-36-17(2)24-15-33-9-10-39(24,27)32/h3-11,14-16H,13,32H2,1-2H3,(H-,34,35,37,40)/p+1. The number of fused-ring (bicyclic) bond motifs is 1. The number of amides is 1. The molecule has 3 aromatic rings. The zero-order valence-corrected chi connectivity index (χ0v) is 21.6. The predicted octanol–water partition coefficient (Wildman–Crippen LogP) is 3.97. The highest BCUT2D eigenvalue weighted by atomic mass is 19.2. The van der Waals surface area contributed by atoms with Gasteiger partial charge in [0.15, 0.2) is 28.8 Å². The Labute approximate surface area is 228 Å². The van der Waals surface area contributed by atoms with Crippen molar-refractivity contribution in [3.05, 3.63) is 112 Å². The quantitative estimate of drug-likeness (QED) is 0.306. The fraction of sp³-hybridized carbons (Fsp3) is 0.143. The van der Waals surface area contributed by atoms with E-state index in [-0.39, 0.29) is 21.8 Å². The lowest BCUT2D eigenvalue weighted by atomic mass is 10.1. The Balaban J connectivity index is 1.31. The van der Waals surface area contributed by atoms with Crippen LogP contribution in [0.5, 0.6) is 0 Å². The molecule has 2 aliphatic rings. The van der Waals surface area contributed by atoms with Crippen molar-refractivity contribution in [2.75, 3.05) is 5.32 Å². The maximum atomic E-state index is 13.7. The number of aliphatic imine (C=N–C) groups is 2. The van der Waals surface area contributed by atoms with Gasteiger partial charge in [-0.05, 0) is 49.2 Å². The molecule has 2 aliphatic heterocycles. The number of anilines is 1. The molecule has 3 heterocycles.